The van der Waals surface area contributed by atoms with Crippen LogP contribution in [0.2, 0.25) is 0 Å². The van der Waals surface area contributed by atoms with E-state index in [-0.39, 0.29) is 0 Å². The van der Waals surface area contributed by atoms with E-state index in [9.17, 15) is 0 Å². The lowest BCUT2D eigenvalue weighted by atomic mass is 10.1. The Morgan fingerprint density at radius 1 is 0.373 bits per heavy atom. The number of benzene rings is 7. The topological polar surface area (TPSA) is 43.6 Å². The van der Waals surface area contributed by atoms with Crippen LogP contribution in [0.5, 0.6) is 0 Å². The molecule has 4 aromatic heterocycles. The summed E-state index contributed by atoms with van der Waals surface area (Å²) in [6.45, 7) is 0. The highest BCUT2D eigenvalue weighted by molar-refractivity contribution is 7.26. The number of aromatic nitrogens is 4. The summed E-state index contributed by atoms with van der Waals surface area (Å²) in [6.07, 6.45) is 0. The summed E-state index contributed by atoms with van der Waals surface area (Å²) < 4.78 is 7.30. The molecule has 238 valence electrons. The number of rotatable bonds is 4. The molecule has 0 aliphatic rings. The number of hydrogen-bond donors (Lipinski definition) is 0. The Morgan fingerprint density at radius 2 is 0.922 bits per heavy atom. The molecule has 0 spiro atoms. The van der Waals surface area contributed by atoms with E-state index in [0.717, 1.165) is 22.4 Å². The minimum absolute atomic E-state index is 0.644. The maximum atomic E-state index is 5.25. The van der Waals surface area contributed by atoms with Crippen LogP contribution in [-0.2, 0) is 0 Å². The summed E-state index contributed by atoms with van der Waals surface area (Å²) in [5.74, 6) is 1.98. The van der Waals surface area contributed by atoms with Crippen molar-refractivity contribution in [2.24, 2.45) is 0 Å². The fourth-order valence-corrected chi connectivity index (χ4v) is 9.83. The first-order valence-electron chi connectivity index (χ1n) is 16.9. The normalized spacial score (nSPS) is 11.9. The summed E-state index contributed by atoms with van der Waals surface area (Å²) in [4.78, 5) is 15.7. The molecule has 4 heterocycles. The van der Waals surface area contributed by atoms with E-state index >= 15 is 0 Å². The maximum Gasteiger partial charge on any atom is 0.165 e. The van der Waals surface area contributed by atoms with Crippen LogP contribution in [0.1, 0.15) is 0 Å². The van der Waals surface area contributed by atoms with Gasteiger partial charge in [-0.2, -0.15) is 0 Å². The zero-order valence-electron chi connectivity index (χ0n) is 27.1. The van der Waals surface area contributed by atoms with Crippen LogP contribution in [0.25, 0.3) is 102 Å². The van der Waals surface area contributed by atoms with E-state index in [0.29, 0.717) is 17.5 Å². The van der Waals surface area contributed by atoms with Gasteiger partial charge in [0.2, 0.25) is 0 Å². The van der Waals surface area contributed by atoms with Gasteiger partial charge in [0, 0.05) is 73.5 Å². The van der Waals surface area contributed by atoms with Gasteiger partial charge in [-0.05, 0) is 60.7 Å². The van der Waals surface area contributed by atoms with E-state index in [1.165, 1.54) is 62.2 Å². The van der Waals surface area contributed by atoms with Gasteiger partial charge in [0.1, 0.15) is 0 Å². The average Bonchev–Trinajstić information content (AvgIpc) is 3.87. The van der Waals surface area contributed by atoms with E-state index < -0.39 is 0 Å². The molecule has 0 saturated carbocycles. The predicted octanol–water partition coefficient (Wildman–Crippen LogP) is 12.7. The number of nitrogens with zero attached hydrogens (tertiary/aromatic N) is 4. The summed E-state index contributed by atoms with van der Waals surface area (Å²) in [7, 11) is 0. The zero-order valence-corrected chi connectivity index (χ0v) is 28.7. The first-order valence-corrected chi connectivity index (χ1v) is 18.6. The Balaban J connectivity index is 1.15. The molecule has 4 nitrogen and oxygen atoms in total. The Hall–Kier alpha value is -6.21. The van der Waals surface area contributed by atoms with Crippen molar-refractivity contribution in [1.82, 2.24) is 19.5 Å². The fourth-order valence-electron chi connectivity index (χ4n) is 7.53. The van der Waals surface area contributed by atoms with Crippen LogP contribution < -0.4 is 0 Å². The second-order valence-corrected chi connectivity index (χ2v) is 15.0. The summed E-state index contributed by atoms with van der Waals surface area (Å²) in [5, 5.41) is 7.41. The number of fused-ring (bicyclic) bond motifs is 9. The van der Waals surface area contributed by atoms with Crippen LogP contribution in [-0.4, -0.2) is 19.5 Å². The van der Waals surface area contributed by atoms with Gasteiger partial charge < -0.3 is 4.57 Å². The van der Waals surface area contributed by atoms with E-state index in [1.54, 1.807) is 11.3 Å². The molecule has 0 bridgehead atoms. The molecular formula is C45H26N4S2. The summed E-state index contributed by atoms with van der Waals surface area (Å²) >= 11 is 3.61. The molecular weight excluding hydrogens is 661 g/mol. The van der Waals surface area contributed by atoms with Crippen molar-refractivity contribution in [2.75, 3.05) is 0 Å². The van der Waals surface area contributed by atoms with Crippen LogP contribution in [0.4, 0.5) is 0 Å². The van der Waals surface area contributed by atoms with Gasteiger partial charge in [0.15, 0.2) is 17.5 Å². The highest BCUT2D eigenvalue weighted by Gasteiger charge is 2.18. The Labute approximate surface area is 300 Å². The molecule has 0 aliphatic carbocycles. The minimum Gasteiger partial charge on any atom is -0.309 e. The SMILES string of the molecule is c1cc(-c2nc(-c3ccc4sc5ccccc5c4c3)nc(-c3cccc4c3sc3ccccc34)n2)cc(-n2c3ccccc3c3ccccc32)c1. The lowest BCUT2D eigenvalue weighted by Crippen LogP contribution is -2.01. The lowest BCUT2D eigenvalue weighted by molar-refractivity contribution is 1.07. The first kappa shape index (κ1) is 28.6. The molecule has 0 amide bonds. The van der Waals surface area contributed by atoms with Gasteiger partial charge in [0.05, 0.1) is 11.0 Å². The van der Waals surface area contributed by atoms with Gasteiger partial charge in [-0.25, -0.2) is 15.0 Å². The molecule has 0 unspecified atom stereocenters. The third kappa shape index (κ3) is 4.47. The minimum atomic E-state index is 0.644. The zero-order chi connectivity index (χ0) is 33.5. The number of para-hydroxylation sites is 2. The van der Waals surface area contributed by atoms with E-state index in [4.69, 9.17) is 15.0 Å². The third-order valence-electron chi connectivity index (χ3n) is 9.86. The molecule has 0 atom stereocenters. The monoisotopic (exact) mass is 686 g/mol. The largest absolute Gasteiger partial charge is 0.309 e. The maximum absolute atomic E-state index is 5.25. The second-order valence-electron chi connectivity index (χ2n) is 12.8. The molecule has 0 aliphatic heterocycles. The highest BCUT2D eigenvalue weighted by Crippen LogP contribution is 2.41. The van der Waals surface area contributed by atoms with E-state index in [2.05, 4.69) is 162 Å². The van der Waals surface area contributed by atoms with Crippen LogP contribution in [0, 0.1) is 0 Å². The smallest absolute Gasteiger partial charge is 0.165 e. The van der Waals surface area contributed by atoms with Gasteiger partial charge in [0.25, 0.3) is 0 Å². The fraction of sp³-hybridized carbons (Fsp3) is 0. The molecule has 11 rings (SSSR count). The molecule has 6 heteroatoms. The van der Waals surface area contributed by atoms with Crippen LogP contribution in [0.15, 0.2) is 158 Å². The molecule has 7 aromatic carbocycles. The lowest BCUT2D eigenvalue weighted by Gasteiger charge is -2.12. The predicted molar refractivity (Wildman–Crippen MR) is 216 cm³/mol. The van der Waals surface area contributed by atoms with Crippen molar-refractivity contribution in [1.29, 1.82) is 0 Å². The first-order chi connectivity index (χ1) is 25.3. The van der Waals surface area contributed by atoms with Crippen molar-refractivity contribution >= 4 is 84.8 Å². The molecule has 0 saturated heterocycles. The van der Waals surface area contributed by atoms with Crippen molar-refractivity contribution in [3.63, 3.8) is 0 Å². The summed E-state index contributed by atoms with van der Waals surface area (Å²) in [6, 6.07) is 56.0. The number of thiophene rings is 2. The number of hydrogen-bond acceptors (Lipinski definition) is 5. The van der Waals surface area contributed by atoms with Gasteiger partial charge in [-0.3, -0.25) is 0 Å². The summed E-state index contributed by atoms with van der Waals surface area (Å²) in [5.41, 5.74) is 6.31. The molecule has 51 heavy (non-hydrogen) atoms. The molecule has 11 aromatic rings. The Morgan fingerprint density at radius 3 is 1.67 bits per heavy atom. The Bertz CT molecular complexity index is 3110. The van der Waals surface area contributed by atoms with Crippen LogP contribution in [0.3, 0.4) is 0 Å². The van der Waals surface area contributed by atoms with Crippen molar-refractivity contribution in [3.8, 4) is 39.9 Å². The highest BCUT2D eigenvalue weighted by atomic mass is 32.1. The van der Waals surface area contributed by atoms with Crippen LogP contribution >= 0.6 is 22.7 Å². The molecule has 0 N–H and O–H groups in total. The van der Waals surface area contributed by atoms with Gasteiger partial charge in [-0.1, -0.05) is 97.1 Å². The third-order valence-corrected chi connectivity index (χ3v) is 12.2. The van der Waals surface area contributed by atoms with Gasteiger partial charge >= 0.3 is 0 Å². The average molecular weight is 687 g/mol. The second kappa shape index (κ2) is 11.2. The van der Waals surface area contributed by atoms with E-state index in [1.807, 2.05) is 11.3 Å². The standard InChI is InChI=1S/C45H26N4S2/c1-5-19-37-30(13-1)31-14-2-6-20-38(31)49(37)29-12-9-11-27(25-29)43-46-44(28-23-24-41-36(26-28)33-16-4-7-21-39(33)50-41)48-45(47-43)35-18-10-17-34-32-15-3-8-22-40(32)51-42(34)35/h1-26H. The van der Waals surface area contributed by atoms with Crippen molar-refractivity contribution < 1.29 is 0 Å². The van der Waals surface area contributed by atoms with Gasteiger partial charge in [-0.15, -0.1) is 22.7 Å². The van der Waals surface area contributed by atoms with Crippen molar-refractivity contribution in [2.45, 2.75) is 0 Å². The quantitative estimate of drug-likeness (QED) is 0.185. The van der Waals surface area contributed by atoms with Crippen molar-refractivity contribution in [3.05, 3.63) is 158 Å². The molecule has 0 radical (unpaired) electrons. The Kier molecular flexibility index (Phi) is 6.26. The molecule has 0 fully saturated rings.